The summed E-state index contributed by atoms with van der Waals surface area (Å²) in [5.74, 6) is 0. The van der Waals surface area contributed by atoms with Crippen molar-refractivity contribution in [3.8, 4) is 145 Å². The lowest BCUT2D eigenvalue weighted by Gasteiger charge is -2.20. The fourth-order valence-corrected chi connectivity index (χ4v) is 17.1. The van der Waals surface area contributed by atoms with Crippen LogP contribution in [0.2, 0.25) is 0 Å². The van der Waals surface area contributed by atoms with Crippen molar-refractivity contribution < 1.29 is 0 Å². The van der Waals surface area contributed by atoms with Crippen molar-refractivity contribution in [2.24, 2.45) is 0 Å². The Labute approximate surface area is 628 Å². The highest BCUT2D eigenvalue weighted by atomic mass is 14.7. The number of pyridine rings is 2. The van der Waals surface area contributed by atoms with E-state index in [-0.39, 0.29) is 0 Å². The SMILES string of the molecule is c1ccc(-c2ccccc2-c2cccc(-c3c4ccccc4c(-c4cccc(-c5ccnc6c(-c7ccc(-c8cc(-c9cccc(-c%10c%11ccccc%11c(-c%11cccc(-c%12ccnc%13ccccc%12%13)c%11)c%11ccccc%10%11)c9)cc(-c9ccccc9)c8-c8ccccc8)cc7)cccc56)c4)c4ccccc34)c2)cc1. The van der Waals surface area contributed by atoms with Gasteiger partial charge in [-0.1, -0.05) is 346 Å². The number of para-hydroxylation sites is 2. The molecule has 0 amide bonds. The topological polar surface area (TPSA) is 25.8 Å². The molecule has 2 nitrogen and oxygen atoms in total. The molecule has 0 radical (unpaired) electrons. The van der Waals surface area contributed by atoms with Crippen LogP contribution in [0, 0.1) is 0 Å². The molecular formula is C106H68N2. The van der Waals surface area contributed by atoms with E-state index in [1.165, 1.54) is 115 Å². The van der Waals surface area contributed by atoms with Gasteiger partial charge in [-0.05, 0) is 237 Å². The van der Waals surface area contributed by atoms with Crippen LogP contribution in [0.15, 0.2) is 413 Å². The third-order valence-corrected chi connectivity index (χ3v) is 22.0. The van der Waals surface area contributed by atoms with Crippen molar-refractivity contribution in [3.05, 3.63) is 413 Å². The third kappa shape index (κ3) is 11.2. The van der Waals surface area contributed by atoms with E-state index in [1.54, 1.807) is 0 Å². The van der Waals surface area contributed by atoms with E-state index in [0.29, 0.717) is 0 Å². The molecule has 2 heteroatoms. The van der Waals surface area contributed by atoms with E-state index in [9.17, 15) is 0 Å². The first-order valence-electron chi connectivity index (χ1n) is 37.2. The smallest absolute Gasteiger partial charge is 0.0786 e. The van der Waals surface area contributed by atoms with Crippen molar-refractivity contribution in [2.75, 3.05) is 0 Å². The van der Waals surface area contributed by atoms with Crippen molar-refractivity contribution in [1.82, 2.24) is 9.97 Å². The first kappa shape index (κ1) is 63.5. The fourth-order valence-electron chi connectivity index (χ4n) is 17.1. The Bertz CT molecular complexity index is 6780. The summed E-state index contributed by atoms with van der Waals surface area (Å²) in [6.07, 6.45) is 3.91. The molecule has 2 heterocycles. The Morgan fingerprint density at radius 2 is 0.417 bits per heavy atom. The second kappa shape index (κ2) is 27.1. The molecule has 502 valence electrons. The van der Waals surface area contributed by atoms with E-state index in [2.05, 4.69) is 400 Å². The first-order valence-corrected chi connectivity index (χ1v) is 37.2. The van der Waals surface area contributed by atoms with Crippen LogP contribution in [0.25, 0.3) is 210 Å². The zero-order valence-corrected chi connectivity index (χ0v) is 59.2. The molecule has 0 aliphatic rings. The predicted octanol–water partition coefficient (Wildman–Crippen LogP) is 29.1. The summed E-state index contributed by atoms with van der Waals surface area (Å²) >= 11 is 0. The summed E-state index contributed by atoms with van der Waals surface area (Å²) in [5.41, 5.74) is 32.4. The Morgan fingerprint density at radius 1 is 0.130 bits per heavy atom. The molecule has 0 fully saturated rings. The summed E-state index contributed by atoms with van der Waals surface area (Å²) in [6.45, 7) is 0. The third-order valence-electron chi connectivity index (χ3n) is 22.0. The Balaban J connectivity index is 0.675. The van der Waals surface area contributed by atoms with Gasteiger partial charge in [0.15, 0.2) is 0 Å². The van der Waals surface area contributed by atoms with Gasteiger partial charge in [-0.15, -0.1) is 0 Å². The van der Waals surface area contributed by atoms with E-state index in [1.807, 2.05) is 12.4 Å². The predicted molar refractivity (Wildman–Crippen MR) is 458 cm³/mol. The minimum Gasteiger partial charge on any atom is -0.256 e. The standard InChI is InChI=1S/C106H68N2/c1-4-27-69(28-5-1)83-41-10-11-42-84(83)75-34-23-38-79(64-75)103-93-48-16-18-50-95(93)105(96-51-19-17-49-94(96)103)81-40-25-36-77(66-81)86-60-62-108-106-87(52-26-53-97(86)106)71-55-57-72(58-56-71)99-68-82(67-98(70-29-6-2-7-30-70)101(99)73-31-8-3-9-32-73)74-33-22-37-78(63-74)102-89-44-12-14-46-91(89)104(92-47-15-13-45-90(92)102)80-39-24-35-76(65-80)85-59-61-107-100-54-21-20-43-88(85)100/h1-68H. The van der Waals surface area contributed by atoms with Gasteiger partial charge in [0.1, 0.15) is 0 Å². The van der Waals surface area contributed by atoms with Crippen molar-refractivity contribution in [1.29, 1.82) is 0 Å². The summed E-state index contributed by atoms with van der Waals surface area (Å²) in [6, 6.07) is 147. The van der Waals surface area contributed by atoms with Gasteiger partial charge in [-0.2, -0.15) is 0 Å². The maximum Gasteiger partial charge on any atom is 0.0786 e. The van der Waals surface area contributed by atoms with E-state index < -0.39 is 0 Å². The fraction of sp³-hybridized carbons (Fsp3) is 0. The largest absolute Gasteiger partial charge is 0.256 e. The van der Waals surface area contributed by atoms with Gasteiger partial charge in [-0.3, -0.25) is 9.97 Å². The van der Waals surface area contributed by atoms with Gasteiger partial charge >= 0.3 is 0 Å². The number of hydrogen-bond donors (Lipinski definition) is 0. The van der Waals surface area contributed by atoms with Crippen LogP contribution in [-0.4, -0.2) is 9.97 Å². The molecule has 20 aromatic rings. The number of aromatic nitrogens is 2. The molecule has 0 unspecified atom stereocenters. The van der Waals surface area contributed by atoms with Crippen molar-refractivity contribution >= 4 is 64.9 Å². The van der Waals surface area contributed by atoms with Crippen LogP contribution in [0.4, 0.5) is 0 Å². The molecule has 0 bridgehead atoms. The second-order valence-electron chi connectivity index (χ2n) is 28.1. The molecule has 0 atom stereocenters. The minimum atomic E-state index is 0.958. The van der Waals surface area contributed by atoms with Crippen LogP contribution in [0.3, 0.4) is 0 Å². The van der Waals surface area contributed by atoms with Crippen molar-refractivity contribution in [3.63, 3.8) is 0 Å². The summed E-state index contributed by atoms with van der Waals surface area (Å²) in [7, 11) is 0. The molecular weight excluding hydrogens is 1300 g/mol. The number of fused-ring (bicyclic) bond motifs is 6. The Hall–Kier alpha value is -14.2. The number of nitrogens with zero attached hydrogens (tertiary/aromatic N) is 2. The summed E-state index contributed by atoms with van der Waals surface area (Å²) in [5, 5.41) is 12.0. The molecule has 0 saturated carbocycles. The highest BCUT2D eigenvalue weighted by Gasteiger charge is 2.24. The van der Waals surface area contributed by atoms with Gasteiger partial charge in [0.25, 0.3) is 0 Å². The average Bonchev–Trinajstić information content (AvgIpc) is 0.737. The van der Waals surface area contributed by atoms with E-state index >= 15 is 0 Å². The minimum absolute atomic E-state index is 0.958. The molecule has 0 N–H and O–H groups in total. The Kier molecular flexibility index (Phi) is 16.0. The molecule has 108 heavy (non-hydrogen) atoms. The zero-order valence-electron chi connectivity index (χ0n) is 59.2. The second-order valence-corrected chi connectivity index (χ2v) is 28.1. The molecule has 20 rings (SSSR count). The highest BCUT2D eigenvalue weighted by molar-refractivity contribution is 6.23. The van der Waals surface area contributed by atoms with Gasteiger partial charge in [0.05, 0.1) is 11.0 Å². The van der Waals surface area contributed by atoms with Crippen LogP contribution in [-0.2, 0) is 0 Å². The lowest BCUT2D eigenvalue weighted by molar-refractivity contribution is 1.41. The zero-order chi connectivity index (χ0) is 71.4. The summed E-state index contributed by atoms with van der Waals surface area (Å²) < 4.78 is 0. The summed E-state index contributed by atoms with van der Waals surface area (Å²) in [4.78, 5) is 9.92. The van der Waals surface area contributed by atoms with Crippen LogP contribution >= 0.6 is 0 Å². The number of hydrogen-bond acceptors (Lipinski definition) is 2. The van der Waals surface area contributed by atoms with Gasteiger partial charge in [0.2, 0.25) is 0 Å². The number of rotatable bonds is 13. The van der Waals surface area contributed by atoms with Crippen LogP contribution < -0.4 is 0 Å². The van der Waals surface area contributed by atoms with Crippen molar-refractivity contribution in [2.45, 2.75) is 0 Å². The molecule has 0 aliphatic heterocycles. The lowest BCUT2D eigenvalue weighted by Crippen LogP contribution is -1.94. The first-order chi connectivity index (χ1) is 53.6. The average molecular weight is 1370 g/mol. The normalized spacial score (nSPS) is 11.5. The quantitative estimate of drug-likeness (QED) is 0.108. The van der Waals surface area contributed by atoms with Crippen LogP contribution in [0.1, 0.15) is 0 Å². The van der Waals surface area contributed by atoms with Crippen LogP contribution in [0.5, 0.6) is 0 Å². The molecule has 0 spiro atoms. The monoisotopic (exact) mass is 1370 g/mol. The molecule has 2 aromatic heterocycles. The van der Waals surface area contributed by atoms with Gasteiger partial charge < -0.3 is 0 Å². The van der Waals surface area contributed by atoms with Gasteiger partial charge in [-0.25, -0.2) is 0 Å². The van der Waals surface area contributed by atoms with E-state index in [4.69, 9.17) is 9.97 Å². The van der Waals surface area contributed by atoms with E-state index in [0.717, 1.165) is 94.1 Å². The highest BCUT2D eigenvalue weighted by Crippen LogP contribution is 2.50. The molecule has 18 aromatic carbocycles. The lowest BCUT2D eigenvalue weighted by atomic mass is 9.83. The molecule has 0 aliphatic carbocycles. The maximum absolute atomic E-state index is 5.22. The Morgan fingerprint density at radius 3 is 0.880 bits per heavy atom. The molecule has 0 saturated heterocycles. The van der Waals surface area contributed by atoms with Gasteiger partial charge in [0, 0.05) is 28.7 Å². The number of benzene rings is 18. The maximum atomic E-state index is 5.22.